The first-order valence-electron chi connectivity index (χ1n) is 10.4. The summed E-state index contributed by atoms with van der Waals surface area (Å²) in [5, 5.41) is 4.50. The van der Waals surface area contributed by atoms with Crippen LogP contribution in [0.3, 0.4) is 0 Å². The minimum absolute atomic E-state index is 0.0467. The molecule has 7 heteroatoms. The molecular formula is C24H25FN4O2. The Morgan fingerprint density at radius 1 is 1.06 bits per heavy atom. The number of aryl methyl sites for hydroxylation is 1. The van der Waals surface area contributed by atoms with Gasteiger partial charge in [0.2, 0.25) is 0 Å². The third-order valence-corrected chi connectivity index (χ3v) is 5.63. The largest absolute Gasteiger partial charge is 0.335 e. The molecule has 1 aromatic heterocycles. The lowest BCUT2D eigenvalue weighted by molar-refractivity contribution is -0.109. The van der Waals surface area contributed by atoms with Gasteiger partial charge in [0.1, 0.15) is 17.8 Å². The van der Waals surface area contributed by atoms with Crippen LogP contribution in [0.1, 0.15) is 27.7 Å². The number of aldehydes is 1. The molecule has 1 saturated heterocycles. The number of para-hydroxylation sites is 1. The van der Waals surface area contributed by atoms with Gasteiger partial charge in [-0.25, -0.2) is 9.07 Å². The summed E-state index contributed by atoms with van der Waals surface area (Å²) in [4.78, 5) is 28.8. The molecule has 2 heterocycles. The van der Waals surface area contributed by atoms with Gasteiger partial charge in [0, 0.05) is 32.7 Å². The number of nitrogens with zero attached hydrogens (tertiary/aromatic N) is 4. The Kier molecular flexibility index (Phi) is 6.23. The molecule has 31 heavy (non-hydrogen) atoms. The second-order valence-electron chi connectivity index (χ2n) is 7.81. The molecule has 160 valence electrons. The van der Waals surface area contributed by atoms with E-state index in [9.17, 15) is 14.0 Å². The molecule has 1 amide bonds. The van der Waals surface area contributed by atoms with Crippen LogP contribution in [0.2, 0.25) is 0 Å². The molecule has 3 aromatic rings. The fourth-order valence-corrected chi connectivity index (χ4v) is 3.93. The van der Waals surface area contributed by atoms with E-state index in [-0.39, 0.29) is 17.6 Å². The summed E-state index contributed by atoms with van der Waals surface area (Å²) in [5.41, 5.74) is 3.00. The molecule has 0 bridgehead atoms. The Morgan fingerprint density at radius 3 is 2.39 bits per heavy atom. The van der Waals surface area contributed by atoms with Crippen molar-refractivity contribution >= 4 is 12.2 Å². The molecule has 0 spiro atoms. The van der Waals surface area contributed by atoms with Crippen LogP contribution in [0.15, 0.2) is 60.7 Å². The maximum Gasteiger partial charge on any atom is 0.272 e. The molecule has 1 atom stereocenters. The highest BCUT2D eigenvalue weighted by Gasteiger charge is 2.27. The van der Waals surface area contributed by atoms with Crippen LogP contribution in [0, 0.1) is 12.7 Å². The minimum atomic E-state index is -0.315. The van der Waals surface area contributed by atoms with E-state index in [4.69, 9.17) is 0 Å². The first-order valence-corrected chi connectivity index (χ1v) is 10.4. The number of hydrogen-bond acceptors (Lipinski definition) is 4. The van der Waals surface area contributed by atoms with Crippen LogP contribution >= 0.6 is 0 Å². The Balaban J connectivity index is 1.41. The summed E-state index contributed by atoms with van der Waals surface area (Å²) >= 11 is 0. The zero-order chi connectivity index (χ0) is 21.8. The zero-order valence-electron chi connectivity index (χ0n) is 17.4. The van der Waals surface area contributed by atoms with Crippen LogP contribution in [0.25, 0.3) is 5.69 Å². The molecule has 4 rings (SSSR count). The molecule has 1 unspecified atom stereocenters. The van der Waals surface area contributed by atoms with Gasteiger partial charge in [0.25, 0.3) is 5.91 Å². The van der Waals surface area contributed by atoms with Gasteiger partial charge in [-0.15, -0.1) is 0 Å². The summed E-state index contributed by atoms with van der Waals surface area (Å²) < 4.78 is 14.9. The predicted molar refractivity (Wildman–Crippen MR) is 116 cm³/mol. The number of piperazine rings is 1. The zero-order valence-corrected chi connectivity index (χ0v) is 17.4. The molecule has 0 aliphatic carbocycles. The van der Waals surface area contributed by atoms with Crippen LogP contribution in [-0.4, -0.2) is 64.5 Å². The van der Waals surface area contributed by atoms with Crippen LogP contribution in [0.4, 0.5) is 4.39 Å². The molecule has 6 nitrogen and oxygen atoms in total. The quantitative estimate of drug-likeness (QED) is 0.575. The first-order chi connectivity index (χ1) is 15.0. The van der Waals surface area contributed by atoms with E-state index < -0.39 is 0 Å². The number of amides is 1. The van der Waals surface area contributed by atoms with Gasteiger partial charge in [-0.2, -0.15) is 5.10 Å². The topological polar surface area (TPSA) is 58.4 Å². The highest BCUT2D eigenvalue weighted by atomic mass is 19.1. The standard InChI is InChI=1S/C24H25FN4O2/c1-18-15-23(29(26-18)22-5-3-2-4-6-22)24(31)28-13-11-27(12-14-28)16-20(17-30)19-7-9-21(25)10-8-19/h2-10,15,17,20H,11-14,16H2,1H3. The molecule has 2 aromatic carbocycles. The molecule has 0 N–H and O–H groups in total. The van der Waals surface area contributed by atoms with Gasteiger partial charge >= 0.3 is 0 Å². The van der Waals surface area contributed by atoms with E-state index >= 15 is 0 Å². The van der Waals surface area contributed by atoms with Crippen LogP contribution in [-0.2, 0) is 4.79 Å². The number of aromatic nitrogens is 2. The third kappa shape index (κ3) is 4.72. The van der Waals surface area contributed by atoms with Crippen molar-refractivity contribution in [1.29, 1.82) is 0 Å². The predicted octanol–water partition coefficient (Wildman–Crippen LogP) is 3.06. The number of benzene rings is 2. The lowest BCUT2D eigenvalue weighted by Crippen LogP contribution is -2.50. The smallest absolute Gasteiger partial charge is 0.272 e. The maximum absolute atomic E-state index is 13.2. The molecule has 1 aliphatic heterocycles. The molecule has 1 aliphatic rings. The van der Waals surface area contributed by atoms with Crippen molar-refractivity contribution in [2.75, 3.05) is 32.7 Å². The summed E-state index contributed by atoms with van der Waals surface area (Å²) in [6.45, 7) is 4.94. The van der Waals surface area contributed by atoms with Gasteiger partial charge < -0.3 is 9.69 Å². The van der Waals surface area contributed by atoms with Crippen LogP contribution < -0.4 is 0 Å². The number of rotatable bonds is 6. The van der Waals surface area contributed by atoms with E-state index in [1.165, 1.54) is 12.1 Å². The molecular weight excluding hydrogens is 395 g/mol. The fraction of sp³-hybridized carbons (Fsp3) is 0.292. The van der Waals surface area contributed by atoms with E-state index in [0.29, 0.717) is 38.4 Å². The summed E-state index contributed by atoms with van der Waals surface area (Å²) in [7, 11) is 0. The Hall–Kier alpha value is -3.32. The van der Waals surface area contributed by atoms with Crippen molar-refractivity contribution in [3.63, 3.8) is 0 Å². The van der Waals surface area contributed by atoms with Gasteiger partial charge in [0.15, 0.2) is 0 Å². The highest BCUT2D eigenvalue weighted by Crippen LogP contribution is 2.19. The SMILES string of the molecule is Cc1cc(C(=O)N2CCN(CC(C=O)c3ccc(F)cc3)CC2)n(-c2ccccc2)n1. The van der Waals surface area contributed by atoms with E-state index in [0.717, 1.165) is 23.2 Å². The van der Waals surface area contributed by atoms with Gasteiger partial charge in [-0.3, -0.25) is 9.69 Å². The van der Waals surface area contributed by atoms with E-state index in [2.05, 4.69) is 10.00 Å². The Labute approximate surface area is 180 Å². The van der Waals surface area contributed by atoms with Crippen molar-refractivity contribution in [1.82, 2.24) is 19.6 Å². The maximum atomic E-state index is 13.2. The van der Waals surface area contributed by atoms with Crippen molar-refractivity contribution in [3.8, 4) is 5.69 Å². The first kappa shape index (κ1) is 20.9. The lowest BCUT2D eigenvalue weighted by atomic mass is 9.99. The van der Waals surface area contributed by atoms with Crippen molar-refractivity contribution in [2.24, 2.45) is 0 Å². The Morgan fingerprint density at radius 2 is 1.74 bits per heavy atom. The minimum Gasteiger partial charge on any atom is -0.335 e. The molecule has 0 saturated carbocycles. The second-order valence-corrected chi connectivity index (χ2v) is 7.81. The second kappa shape index (κ2) is 9.22. The third-order valence-electron chi connectivity index (χ3n) is 5.63. The number of halogens is 1. The van der Waals surface area contributed by atoms with E-state index in [1.807, 2.05) is 48.2 Å². The van der Waals surface area contributed by atoms with Gasteiger partial charge in [0.05, 0.1) is 17.3 Å². The number of carbonyl (C=O) groups excluding carboxylic acids is 2. The van der Waals surface area contributed by atoms with Crippen molar-refractivity contribution < 1.29 is 14.0 Å². The summed E-state index contributed by atoms with van der Waals surface area (Å²) in [6.07, 6.45) is 0.909. The molecule has 0 radical (unpaired) electrons. The Bertz CT molecular complexity index is 1040. The average Bonchev–Trinajstić information content (AvgIpc) is 3.20. The fourth-order valence-electron chi connectivity index (χ4n) is 3.93. The lowest BCUT2D eigenvalue weighted by Gasteiger charge is -2.35. The normalized spacial score (nSPS) is 15.6. The van der Waals surface area contributed by atoms with Gasteiger partial charge in [-0.05, 0) is 42.8 Å². The number of carbonyl (C=O) groups is 2. The van der Waals surface area contributed by atoms with Crippen LogP contribution in [0.5, 0.6) is 0 Å². The van der Waals surface area contributed by atoms with Gasteiger partial charge in [-0.1, -0.05) is 30.3 Å². The van der Waals surface area contributed by atoms with Crippen molar-refractivity contribution in [2.45, 2.75) is 12.8 Å². The summed E-state index contributed by atoms with van der Waals surface area (Å²) in [6, 6.07) is 17.5. The van der Waals surface area contributed by atoms with E-state index in [1.54, 1.807) is 16.8 Å². The number of hydrogen-bond donors (Lipinski definition) is 0. The highest BCUT2D eigenvalue weighted by molar-refractivity contribution is 5.93. The summed E-state index contributed by atoms with van der Waals surface area (Å²) in [5.74, 6) is -0.676. The monoisotopic (exact) mass is 420 g/mol. The molecule has 1 fully saturated rings. The average molecular weight is 420 g/mol. The van der Waals surface area contributed by atoms with Crippen molar-refractivity contribution in [3.05, 3.63) is 83.4 Å².